The lowest BCUT2D eigenvalue weighted by molar-refractivity contribution is -0.131. The normalized spacial score (nSPS) is 10.9. The maximum Gasteiger partial charge on any atom is 0.222 e. The van der Waals surface area contributed by atoms with E-state index in [9.17, 15) is 4.79 Å². The Morgan fingerprint density at radius 1 is 1.25 bits per heavy atom. The molecule has 2 nitrogen and oxygen atoms in total. The fraction of sp³-hybridized carbons (Fsp3) is 0.900. The summed E-state index contributed by atoms with van der Waals surface area (Å²) in [6.07, 6.45) is 1.68. The molecule has 0 aliphatic heterocycles. The molecule has 0 saturated heterocycles. The molecule has 0 fully saturated rings. The number of hydrogen-bond donors (Lipinski definition) is 0. The minimum atomic E-state index is 0.263. The molecule has 0 atom stereocenters. The molecule has 0 aromatic carbocycles. The van der Waals surface area contributed by atoms with E-state index in [-0.39, 0.29) is 5.91 Å². The summed E-state index contributed by atoms with van der Waals surface area (Å²) >= 11 is 0. The Hall–Kier alpha value is -0.530. The van der Waals surface area contributed by atoms with E-state index in [0.29, 0.717) is 18.4 Å². The summed E-state index contributed by atoms with van der Waals surface area (Å²) in [5, 5.41) is 0. The van der Waals surface area contributed by atoms with Gasteiger partial charge in [-0.3, -0.25) is 4.79 Å². The van der Waals surface area contributed by atoms with Crippen molar-refractivity contribution in [3.8, 4) is 0 Å². The molecule has 0 aromatic heterocycles. The molecule has 0 rings (SSSR count). The van der Waals surface area contributed by atoms with Gasteiger partial charge in [0.25, 0.3) is 0 Å². The molecule has 0 spiro atoms. The van der Waals surface area contributed by atoms with Crippen LogP contribution in [0.15, 0.2) is 0 Å². The highest BCUT2D eigenvalue weighted by atomic mass is 16.2. The van der Waals surface area contributed by atoms with Crippen LogP contribution < -0.4 is 0 Å². The number of hydrogen-bond acceptors (Lipinski definition) is 1. The van der Waals surface area contributed by atoms with Gasteiger partial charge in [0.15, 0.2) is 0 Å². The lowest BCUT2D eigenvalue weighted by Crippen LogP contribution is -2.32. The molecule has 72 valence electrons. The average Bonchev–Trinajstić information content (AvgIpc) is 1.98. The van der Waals surface area contributed by atoms with Crippen molar-refractivity contribution >= 4 is 5.91 Å². The Kier molecular flexibility index (Phi) is 4.95. The van der Waals surface area contributed by atoms with Crippen molar-refractivity contribution in [2.45, 2.75) is 46.6 Å². The minimum Gasteiger partial charge on any atom is -0.343 e. The van der Waals surface area contributed by atoms with E-state index in [1.165, 1.54) is 0 Å². The summed E-state index contributed by atoms with van der Waals surface area (Å²) in [5.74, 6) is 0.883. The van der Waals surface area contributed by atoms with E-state index < -0.39 is 0 Å². The molecule has 0 bridgehead atoms. The van der Waals surface area contributed by atoms with Gasteiger partial charge in [0.1, 0.15) is 0 Å². The van der Waals surface area contributed by atoms with Crippen molar-refractivity contribution in [1.82, 2.24) is 4.90 Å². The van der Waals surface area contributed by atoms with Crippen molar-refractivity contribution in [3.05, 3.63) is 0 Å². The Labute approximate surface area is 75.9 Å². The summed E-state index contributed by atoms with van der Waals surface area (Å²) in [6.45, 7) is 8.35. The van der Waals surface area contributed by atoms with Crippen LogP contribution in [0.25, 0.3) is 0 Å². The maximum absolute atomic E-state index is 11.4. The number of nitrogens with zero attached hydrogens (tertiary/aromatic N) is 1. The molecule has 0 N–H and O–H groups in total. The molecule has 0 radical (unpaired) electrons. The first-order valence-corrected chi connectivity index (χ1v) is 4.70. The monoisotopic (exact) mass is 171 g/mol. The Morgan fingerprint density at radius 3 is 2.08 bits per heavy atom. The largest absolute Gasteiger partial charge is 0.343 e. The summed E-state index contributed by atoms with van der Waals surface area (Å²) < 4.78 is 0. The van der Waals surface area contributed by atoms with Crippen LogP contribution in [0.3, 0.4) is 0 Å². The van der Waals surface area contributed by atoms with Gasteiger partial charge in [-0.15, -0.1) is 0 Å². The van der Waals surface area contributed by atoms with E-state index in [4.69, 9.17) is 0 Å². The third-order valence-corrected chi connectivity index (χ3v) is 2.10. The van der Waals surface area contributed by atoms with Gasteiger partial charge in [-0.1, -0.05) is 13.8 Å². The van der Waals surface area contributed by atoms with Crippen LogP contribution in [0.2, 0.25) is 0 Å². The molecule has 0 aromatic rings. The molecule has 0 heterocycles. The molecule has 0 aliphatic rings. The highest BCUT2D eigenvalue weighted by molar-refractivity contribution is 5.76. The summed E-state index contributed by atoms with van der Waals surface area (Å²) in [5.41, 5.74) is 0. The third kappa shape index (κ3) is 4.37. The second-order valence-electron chi connectivity index (χ2n) is 4.03. The molecular formula is C10H21NO. The average molecular weight is 171 g/mol. The van der Waals surface area contributed by atoms with Gasteiger partial charge in [-0.05, 0) is 26.2 Å². The molecule has 0 unspecified atom stereocenters. The van der Waals surface area contributed by atoms with Crippen molar-refractivity contribution in [1.29, 1.82) is 0 Å². The highest BCUT2D eigenvalue weighted by Gasteiger charge is 2.11. The van der Waals surface area contributed by atoms with Crippen LogP contribution in [0.1, 0.15) is 40.5 Å². The SMILES string of the molecule is CC(C)CCC(=O)N(C)C(C)C. The van der Waals surface area contributed by atoms with Gasteiger partial charge in [0.05, 0.1) is 0 Å². The second-order valence-corrected chi connectivity index (χ2v) is 4.03. The minimum absolute atomic E-state index is 0.263. The van der Waals surface area contributed by atoms with Crippen LogP contribution in [-0.4, -0.2) is 23.9 Å². The fourth-order valence-corrected chi connectivity index (χ4v) is 0.876. The van der Waals surface area contributed by atoms with Crippen LogP contribution in [-0.2, 0) is 4.79 Å². The van der Waals surface area contributed by atoms with Crippen molar-refractivity contribution in [3.63, 3.8) is 0 Å². The van der Waals surface area contributed by atoms with E-state index in [0.717, 1.165) is 6.42 Å². The van der Waals surface area contributed by atoms with Crippen LogP contribution in [0.5, 0.6) is 0 Å². The van der Waals surface area contributed by atoms with Gasteiger partial charge in [-0.2, -0.15) is 0 Å². The molecule has 0 saturated carbocycles. The molecule has 0 aliphatic carbocycles. The Morgan fingerprint density at radius 2 is 1.75 bits per heavy atom. The quantitative estimate of drug-likeness (QED) is 0.635. The van der Waals surface area contributed by atoms with Crippen LogP contribution in [0.4, 0.5) is 0 Å². The zero-order chi connectivity index (χ0) is 9.72. The predicted octanol–water partition coefficient (Wildman–Crippen LogP) is 2.29. The first-order chi connectivity index (χ1) is 5.45. The lowest BCUT2D eigenvalue weighted by atomic mass is 10.1. The topological polar surface area (TPSA) is 20.3 Å². The summed E-state index contributed by atoms with van der Waals surface area (Å²) in [7, 11) is 1.87. The molecule has 12 heavy (non-hydrogen) atoms. The van der Waals surface area contributed by atoms with Gasteiger partial charge in [0, 0.05) is 19.5 Å². The van der Waals surface area contributed by atoms with Gasteiger partial charge in [-0.25, -0.2) is 0 Å². The van der Waals surface area contributed by atoms with Gasteiger partial charge < -0.3 is 4.90 Å². The maximum atomic E-state index is 11.4. The third-order valence-electron chi connectivity index (χ3n) is 2.10. The smallest absolute Gasteiger partial charge is 0.222 e. The fourth-order valence-electron chi connectivity index (χ4n) is 0.876. The van der Waals surface area contributed by atoms with Gasteiger partial charge >= 0.3 is 0 Å². The lowest BCUT2D eigenvalue weighted by Gasteiger charge is -2.21. The highest BCUT2D eigenvalue weighted by Crippen LogP contribution is 2.06. The Bertz CT molecular complexity index is 141. The molecular weight excluding hydrogens is 150 g/mol. The molecule has 2 heteroatoms. The standard InChI is InChI=1S/C10H21NO/c1-8(2)6-7-10(12)11(5)9(3)4/h8-9H,6-7H2,1-5H3. The van der Waals surface area contributed by atoms with Crippen LogP contribution >= 0.6 is 0 Å². The number of rotatable bonds is 4. The van der Waals surface area contributed by atoms with E-state index >= 15 is 0 Å². The van der Waals surface area contributed by atoms with E-state index in [1.54, 1.807) is 0 Å². The van der Waals surface area contributed by atoms with Crippen molar-refractivity contribution < 1.29 is 4.79 Å². The first kappa shape index (κ1) is 11.5. The van der Waals surface area contributed by atoms with E-state index in [2.05, 4.69) is 13.8 Å². The summed E-state index contributed by atoms with van der Waals surface area (Å²) in [4.78, 5) is 13.2. The second kappa shape index (κ2) is 5.18. The number of carbonyl (C=O) groups is 1. The number of amides is 1. The van der Waals surface area contributed by atoms with Gasteiger partial charge in [0.2, 0.25) is 5.91 Å². The van der Waals surface area contributed by atoms with Crippen molar-refractivity contribution in [2.24, 2.45) is 5.92 Å². The zero-order valence-corrected chi connectivity index (χ0v) is 8.92. The predicted molar refractivity (Wildman–Crippen MR) is 52.0 cm³/mol. The summed E-state index contributed by atoms with van der Waals surface area (Å²) in [6, 6.07) is 0.324. The Balaban J connectivity index is 3.72. The number of carbonyl (C=O) groups excluding carboxylic acids is 1. The first-order valence-electron chi connectivity index (χ1n) is 4.70. The van der Waals surface area contributed by atoms with Crippen molar-refractivity contribution in [2.75, 3.05) is 7.05 Å². The van der Waals surface area contributed by atoms with E-state index in [1.807, 2.05) is 25.8 Å². The van der Waals surface area contributed by atoms with Crippen LogP contribution in [0, 0.1) is 5.92 Å². The zero-order valence-electron chi connectivity index (χ0n) is 8.92. The molecule has 1 amide bonds.